The Labute approximate surface area is 136 Å². The Morgan fingerprint density at radius 1 is 0.870 bits per heavy atom. The number of halogens is 1. The Kier molecular flexibility index (Phi) is 4.60. The van der Waals surface area contributed by atoms with E-state index in [1.807, 2.05) is 24.3 Å². The monoisotopic (exact) mass is 326 g/mol. The van der Waals surface area contributed by atoms with E-state index in [0.29, 0.717) is 0 Å². The van der Waals surface area contributed by atoms with Crippen LogP contribution in [-0.4, -0.2) is 13.7 Å². The van der Waals surface area contributed by atoms with Crippen LogP contribution < -0.4 is 0 Å². The van der Waals surface area contributed by atoms with Crippen LogP contribution in [0.1, 0.15) is 5.56 Å². The van der Waals surface area contributed by atoms with Crippen LogP contribution >= 0.6 is 0 Å². The molecule has 0 saturated heterocycles. The number of nitrogens with zero attached hydrogens (tertiary/aromatic N) is 1. The van der Waals surface area contributed by atoms with Crippen molar-refractivity contribution in [2.45, 2.75) is 5.75 Å². The molecule has 0 N–H and O–H groups in total. The molecule has 1 aromatic heterocycles. The first-order chi connectivity index (χ1) is 11.1. The van der Waals surface area contributed by atoms with Crippen molar-refractivity contribution in [3.8, 4) is 22.4 Å². The first kappa shape index (κ1) is 15.5. The zero-order chi connectivity index (χ0) is 16.2. The molecular weight excluding hydrogens is 313 g/mol. The summed E-state index contributed by atoms with van der Waals surface area (Å²) < 4.78 is 34.3. The Morgan fingerprint density at radius 2 is 1.48 bits per heavy atom. The summed E-state index contributed by atoms with van der Waals surface area (Å²) in [5.74, 6) is -0.258. The molecule has 3 rings (SSSR count). The molecule has 0 aliphatic heterocycles. The topological polar surface area (TPSA) is 53.0 Å². The van der Waals surface area contributed by atoms with Crippen LogP contribution in [0.2, 0.25) is 0 Å². The third kappa shape index (κ3) is 3.88. The predicted molar refractivity (Wildman–Crippen MR) is 87.7 cm³/mol. The van der Waals surface area contributed by atoms with Crippen LogP contribution in [0, 0.1) is 5.82 Å². The molecule has 0 fully saturated rings. The molecule has 2 aromatic carbocycles. The van der Waals surface area contributed by atoms with Gasteiger partial charge in [-0.3, -0.25) is 9.19 Å². The van der Waals surface area contributed by atoms with Gasteiger partial charge in [-0.1, -0.05) is 41.4 Å². The fourth-order valence-corrected chi connectivity index (χ4v) is 2.75. The Balaban J connectivity index is 1.81. The zero-order valence-electron chi connectivity index (χ0n) is 12.1. The molecule has 0 spiro atoms. The van der Waals surface area contributed by atoms with Crippen LogP contribution in [0.5, 0.6) is 0 Å². The maximum Gasteiger partial charge on any atom is 0.123 e. The average Bonchev–Trinajstić information content (AvgIpc) is 2.56. The summed E-state index contributed by atoms with van der Waals surface area (Å²) in [6.45, 7) is 0. The quantitative estimate of drug-likeness (QED) is 0.683. The van der Waals surface area contributed by atoms with Crippen molar-refractivity contribution in [2.24, 2.45) is 0 Å². The molecule has 1 unspecified atom stereocenters. The molecule has 3 aromatic rings. The SMILES string of the molecule is O=S([O-])Cc1ccc(-c2ccc(-c3ccc(F)cc3)nc2)cc1. The minimum Gasteiger partial charge on any atom is -0.772 e. The first-order valence-corrected chi connectivity index (χ1v) is 8.23. The molecule has 116 valence electrons. The normalized spacial score (nSPS) is 12.1. The predicted octanol–water partition coefficient (Wildman–Crippen LogP) is 3.93. The highest BCUT2D eigenvalue weighted by molar-refractivity contribution is 7.78. The lowest BCUT2D eigenvalue weighted by Gasteiger charge is -2.07. The summed E-state index contributed by atoms with van der Waals surface area (Å²) >= 11 is -2.08. The highest BCUT2D eigenvalue weighted by atomic mass is 32.2. The molecule has 0 amide bonds. The van der Waals surface area contributed by atoms with Gasteiger partial charge < -0.3 is 4.55 Å². The number of hydrogen-bond acceptors (Lipinski definition) is 3. The van der Waals surface area contributed by atoms with Crippen LogP contribution in [0.25, 0.3) is 22.4 Å². The summed E-state index contributed by atoms with van der Waals surface area (Å²) in [6, 6.07) is 17.3. The van der Waals surface area contributed by atoms with Gasteiger partial charge in [0.05, 0.1) is 5.69 Å². The molecule has 0 aliphatic carbocycles. The number of pyridine rings is 1. The van der Waals surface area contributed by atoms with E-state index in [1.165, 1.54) is 12.1 Å². The van der Waals surface area contributed by atoms with Crippen LogP contribution in [0.15, 0.2) is 66.9 Å². The van der Waals surface area contributed by atoms with Crippen molar-refractivity contribution in [2.75, 3.05) is 0 Å². The fraction of sp³-hybridized carbons (Fsp3) is 0.0556. The summed E-state index contributed by atoms with van der Waals surface area (Å²) in [4.78, 5) is 4.40. The molecule has 3 nitrogen and oxygen atoms in total. The Morgan fingerprint density at radius 3 is 2.04 bits per heavy atom. The standard InChI is InChI=1S/C18H14FNO2S/c19-17-8-5-15(6-9-17)18-10-7-16(11-20-18)14-3-1-13(2-4-14)12-23(21)22/h1-11H,12H2,(H,21,22)/p-1. The van der Waals surface area contributed by atoms with E-state index in [1.54, 1.807) is 30.5 Å². The van der Waals surface area contributed by atoms with E-state index in [-0.39, 0.29) is 11.6 Å². The summed E-state index contributed by atoms with van der Waals surface area (Å²) in [5, 5.41) is 0. The van der Waals surface area contributed by atoms with Gasteiger partial charge in [0.25, 0.3) is 0 Å². The largest absolute Gasteiger partial charge is 0.772 e. The minimum atomic E-state index is -2.08. The minimum absolute atomic E-state index is 0.0159. The highest BCUT2D eigenvalue weighted by Crippen LogP contribution is 2.23. The number of aromatic nitrogens is 1. The maximum atomic E-state index is 12.9. The van der Waals surface area contributed by atoms with Crippen molar-refractivity contribution in [3.63, 3.8) is 0 Å². The third-order valence-electron chi connectivity index (χ3n) is 3.48. The lowest BCUT2D eigenvalue weighted by Crippen LogP contribution is -1.93. The van der Waals surface area contributed by atoms with E-state index < -0.39 is 11.1 Å². The molecular formula is C18H13FNO2S-. The van der Waals surface area contributed by atoms with Crippen molar-refractivity contribution in [3.05, 3.63) is 78.2 Å². The Hall–Kier alpha value is -2.37. The molecule has 0 radical (unpaired) electrons. The van der Waals surface area contributed by atoms with Gasteiger partial charge in [-0.2, -0.15) is 0 Å². The highest BCUT2D eigenvalue weighted by Gasteiger charge is 2.02. The fourth-order valence-electron chi connectivity index (χ4n) is 2.29. The van der Waals surface area contributed by atoms with Crippen LogP contribution in [-0.2, 0) is 16.8 Å². The zero-order valence-corrected chi connectivity index (χ0v) is 12.9. The lowest BCUT2D eigenvalue weighted by atomic mass is 10.0. The van der Waals surface area contributed by atoms with E-state index in [2.05, 4.69) is 4.98 Å². The summed E-state index contributed by atoms with van der Waals surface area (Å²) in [6.07, 6.45) is 1.75. The average molecular weight is 326 g/mol. The van der Waals surface area contributed by atoms with Gasteiger partial charge in [-0.15, -0.1) is 0 Å². The van der Waals surface area contributed by atoms with Crippen molar-refractivity contribution in [1.29, 1.82) is 0 Å². The second-order valence-corrected chi connectivity index (χ2v) is 5.98. The lowest BCUT2D eigenvalue weighted by molar-refractivity contribution is 0.536. The van der Waals surface area contributed by atoms with Gasteiger partial charge in [-0.05, 0) is 41.5 Å². The molecule has 0 aliphatic rings. The number of hydrogen-bond donors (Lipinski definition) is 0. The van der Waals surface area contributed by atoms with Gasteiger partial charge in [0.1, 0.15) is 5.82 Å². The van der Waals surface area contributed by atoms with E-state index in [0.717, 1.165) is 27.9 Å². The number of rotatable bonds is 4. The summed E-state index contributed by atoms with van der Waals surface area (Å²) in [5.41, 5.74) is 4.27. The van der Waals surface area contributed by atoms with Crippen molar-refractivity contribution < 1.29 is 13.2 Å². The molecule has 23 heavy (non-hydrogen) atoms. The van der Waals surface area contributed by atoms with E-state index in [4.69, 9.17) is 0 Å². The first-order valence-electron chi connectivity index (χ1n) is 6.99. The second kappa shape index (κ2) is 6.81. The molecule has 1 heterocycles. The smallest absolute Gasteiger partial charge is 0.123 e. The van der Waals surface area contributed by atoms with Crippen LogP contribution in [0.4, 0.5) is 4.39 Å². The van der Waals surface area contributed by atoms with E-state index >= 15 is 0 Å². The maximum absolute atomic E-state index is 12.9. The van der Waals surface area contributed by atoms with Gasteiger partial charge in [0, 0.05) is 23.1 Å². The second-order valence-electron chi connectivity index (χ2n) is 5.08. The number of benzene rings is 2. The van der Waals surface area contributed by atoms with Gasteiger partial charge in [0.2, 0.25) is 0 Å². The summed E-state index contributed by atoms with van der Waals surface area (Å²) in [7, 11) is 0. The molecule has 0 bridgehead atoms. The third-order valence-corrected chi connectivity index (χ3v) is 4.04. The van der Waals surface area contributed by atoms with Gasteiger partial charge >= 0.3 is 0 Å². The molecule has 0 saturated carbocycles. The van der Waals surface area contributed by atoms with Crippen LogP contribution in [0.3, 0.4) is 0 Å². The van der Waals surface area contributed by atoms with Gasteiger partial charge in [0.15, 0.2) is 0 Å². The Bertz CT molecular complexity index is 815. The van der Waals surface area contributed by atoms with Gasteiger partial charge in [-0.25, -0.2) is 4.39 Å². The molecule has 5 heteroatoms. The van der Waals surface area contributed by atoms with E-state index in [9.17, 15) is 13.2 Å². The van der Waals surface area contributed by atoms with Crippen molar-refractivity contribution >= 4 is 11.1 Å². The van der Waals surface area contributed by atoms with Crippen molar-refractivity contribution in [1.82, 2.24) is 4.98 Å². The molecule has 1 atom stereocenters.